The average Bonchev–Trinajstić information content (AvgIpc) is 2.35. The Bertz CT molecular complexity index is 228. The minimum Gasteiger partial charge on any atom is -0.303 e. The summed E-state index contributed by atoms with van der Waals surface area (Å²) < 4.78 is 0. The van der Waals surface area contributed by atoms with Crippen molar-refractivity contribution < 1.29 is 0 Å². The Balaban J connectivity index is 1.75. The Morgan fingerprint density at radius 1 is 1.06 bits per heavy atom. The van der Waals surface area contributed by atoms with Gasteiger partial charge >= 0.3 is 0 Å². The first-order valence-corrected chi connectivity index (χ1v) is 8.36. The number of likely N-dealkylation sites (tertiary alicyclic amines) is 1. The summed E-state index contributed by atoms with van der Waals surface area (Å²) in [7, 11) is 0. The summed E-state index contributed by atoms with van der Waals surface area (Å²) >= 11 is 0. The van der Waals surface area contributed by atoms with Crippen LogP contribution in [0, 0.1) is 17.3 Å². The van der Waals surface area contributed by atoms with Crippen LogP contribution in [0.15, 0.2) is 0 Å². The van der Waals surface area contributed by atoms with Gasteiger partial charge in [0, 0.05) is 0 Å². The van der Waals surface area contributed by atoms with Gasteiger partial charge in [-0.25, -0.2) is 0 Å². The van der Waals surface area contributed by atoms with Gasteiger partial charge in [0.25, 0.3) is 0 Å². The Labute approximate surface area is 114 Å². The summed E-state index contributed by atoms with van der Waals surface area (Å²) in [6, 6.07) is 0. The molecule has 18 heavy (non-hydrogen) atoms. The van der Waals surface area contributed by atoms with E-state index < -0.39 is 0 Å². The van der Waals surface area contributed by atoms with Crippen LogP contribution in [0.2, 0.25) is 0 Å². The van der Waals surface area contributed by atoms with Gasteiger partial charge in [0.15, 0.2) is 0 Å². The van der Waals surface area contributed by atoms with Crippen LogP contribution in [0.4, 0.5) is 0 Å². The standard InChI is InChI=1S/C17H33N/c1-4-11-18-12-9-17(10-13-18)7-5-16(6-8-17)14-15(2)3/h15-16H,4-14H2,1-3H3. The molecule has 1 aliphatic heterocycles. The molecule has 1 heterocycles. The zero-order valence-corrected chi connectivity index (χ0v) is 12.9. The fraction of sp³-hybridized carbons (Fsp3) is 1.00. The monoisotopic (exact) mass is 251 g/mol. The van der Waals surface area contributed by atoms with Gasteiger partial charge in [-0.3, -0.25) is 0 Å². The smallest absolute Gasteiger partial charge is 0.00134 e. The third-order valence-electron chi connectivity index (χ3n) is 5.43. The second-order valence-corrected chi connectivity index (χ2v) is 7.41. The molecule has 0 N–H and O–H groups in total. The summed E-state index contributed by atoms with van der Waals surface area (Å²) in [4.78, 5) is 2.69. The molecule has 2 rings (SSSR count). The maximum Gasteiger partial charge on any atom is -0.00134 e. The lowest BCUT2D eigenvalue weighted by atomic mass is 9.64. The third kappa shape index (κ3) is 3.73. The molecule has 0 bridgehead atoms. The lowest BCUT2D eigenvalue weighted by molar-refractivity contribution is 0.0487. The maximum atomic E-state index is 2.69. The SMILES string of the molecule is CCCN1CCC2(CCC(CC(C)C)CC2)CC1. The van der Waals surface area contributed by atoms with Crippen LogP contribution in [0.5, 0.6) is 0 Å². The lowest BCUT2D eigenvalue weighted by Crippen LogP contribution is -2.42. The molecule has 1 heteroatoms. The van der Waals surface area contributed by atoms with Gasteiger partial charge in [-0.1, -0.05) is 20.8 Å². The highest BCUT2D eigenvalue weighted by Crippen LogP contribution is 2.47. The number of nitrogens with zero attached hydrogens (tertiary/aromatic N) is 1. The molecule has 1 nitrogen and oxygen atoms in total. The molecule has 1 saturated carbocycles. The molecule has 1 aliphatic carbocycles. The fourth-order valence-electron chi connectivity index (χ4n) is 4.26. The first kappa shape index (κ1) is 14.4. The van der Waals surface area contributed by atoms with E-state index in [0.717, 1.165) is 17.3 Å². The summed E-state index contributed by atoms with van der Waals surface area (Å²) in [5, 5.41) is 0. The minimum absolute atomic E-state index is 0.762. The van der Waals surface area contributed by atoms with Crippen molar-refractivity contribution in [1.82, 2.24) is 4.90 Å². The van der Waals surface area contributed by atoms with Crippen molar-refractivity contribution in [3.63, 3.8) is 0 Å². The van der Waals surface area contributed by atoms with Crippen molar-refractivity contribution in [2.75, 3.05) is 19.6 Å². The molecule has 106 valence electrons. The number of piperidine rings is 1. The number of rotatable bonds is 4. The van der Waals surface area contributed by atoms with Gasteiger partial charge in [0.05, 0.1) is 0 Å². The van der Waals surface area contributed by atoms with Gasteiger partial charge < -0.3 is 4.90 Å². The molecule has 0 aromatic carbocycles. The Morgan fingerprint density at radius 3 is 2.17 bits per heavy atom. The van der Waals surface area contributed by atoms with Crippen LogP contribution in [0.3, 0.4) is 0 Å². The van der Waals surface area contributed by atoms with Crippen LogP contribution in [-0.2, 0) is 0 Å². The summed E-state index contributed by atoms with van der Waals surface area (Å²) in [5.41, 5.74) is 0.762. The van der Waals surface area contributed by atoms with E-state index in [2.05, 4.69) is 25.7 Å². The summed E-state index contributed by atoms with van der Waals surface area (Å²) in [6.07, 6.45) is 11.9. The van der Waals surface area contributed by atoms with Crippen molar-refractivity contribution in [2.24, 2.45) is 17.3 Å². The van der Waals surface area contributed by atoms with E-state index in [9.17, 15) is 0 Å². The number of hydrogen-bond donors (Lipinski definition) is 0. The topological polar surface area (TPSA) is 3.24 Å². The molecule has 2 fully saturated rings. The predicted octanol–water partition coefficient (Wildman–Crippen LogP) is 4.71. The molecule has 0 atom stereocenters. The van der Waals surface area contributed by atoms with E-state index in [0.29, 0.717) is 0 Å². The minimum atomic E-state index is 0.762. The van der Waals surface area contributed by atoms with Crippen LogP contribution in [0.1, 0.15) is 72.1 Å². The van der Waals surface area contributed by atoms with Gasteiger partial charge in [0.2, 0.25) is 0 Å². The van der Waals surface area contributed by atoms with Crippen LogP contribution < -0.4 is 0 Å². The summed E-state index contributed by atoms with van der Waals surface area (Å²) in [6.45, 7) is 11.2. The van der Waals surface area contributed by atoms with E-state index in [1.807, 2.05) is 0 Å². The van der Waals surface area contributed by atoms with E-state index in [1.165, 1.54) is 71.0 Å². The zero-order chi connectivity index (χ0) is 13.0. The van der Waals surface area contributed by atoms with E-state index in [1.54, 1.807) is 0 Å². The molecule has 0 aromatic rings. The zero-order valence-electron chi connectivity index (χ0n) is 12.9. The molecule has 2 aliphatic rings. The molecule has 0 amide bonds. The highest BCUT2D eigenvalue weighted by atomic mass is 15.1. The van der Waals surface area contributed by atoms with Crippen molar-refractivity contribution in [3.05, 3.63) is 0 Å². The van der Waals surface area contributed by atoms with E-state index in [4.69, 9.17) is 0 Å². The van der Waals surface area contributed by atoms with Gasteiger partial charge in [0.1, 0.15) is 0 Å². The van der Waals surface area contributed by atoms with Gasteiger partial charge in [-0.05, 0) is 88.3 Å². The molecule has 0 radical (unpaired) electrons. The third-order valence-corrected chi connectivity index (χ3v) is 5.43. The Morgan fingerprint density at radius 2 is 1.67 bits per heavy atom. The molecule has 1 saturated heterocycles. The van der Waals surface area contributed by atoms with Gasteiger partial charge in [-0.15, -0.1) is 0 Å². The van der Waals surface area contributed by atoms with Crippen molar-refractivity contribution in [1.29, 1.82) is 0 Å². The Kier molecular flexibility index (Phi) is 5.12. The first-order chi connectivity index (χ1) is 8.63. The van der Waals surface area contributed by atoms with E-state index in [-0.39, 0.29) is 0 Å². The van der Waals surface area contributed by atoms with Crippen LogP contribution in [0.25, 0.3) is 0 Å². The molecule has 0 unspecified atom stereocenters. The summed E-state index contributed by atoms with van der Waals surface area (Å²) in [5.74, 6) is 1.94. The lowest BCUT2D eigenvalue weighted by Gasteiger charge is -2.46. The second kappa shape index (κ2) is 6.41. The predicted molar refractivity (Wildman–Crippen MR) is 79.8 cm³/mol. The highest BCUT2D eigenvalue weighted by Gasteiger charge is 2.37. The molecule has 1 spiro atoms. The average molecular weight is 251 g/mol. The molecular weight excluding hydrogens is 218 g/mol. The largest absolute Gasteiger partial charge is 0.303 e. The van der Waals surface area contributed by atoms with Crippen LogP contribution in [-0.4, -0.2) is 24.5 Å². The highest BCUT2D eigenvalue weighted by molar-refractivity contribution is 4.90. The molecular formula is C17H33N. The first-order valence-electron chi connectivity index (χ1n) is 8.36. The van der Waals surface area contributed by atoms with Gasteiger partial charge in [-0.2, -0.15) is 0 Å². The Hall–Kier alpha value is -0.0400. The van der Waals surface area contributed by atoms with Crippen LogP contribution >= 0.6 is 0 Å². The second-order valence-electron chi connectivity index (χ2n) is 7.41. The fourth-order valence-corrected chi connectivity index (χ4v) is 4.26. The normalized spacial score (nSPS) is 26.0. The van der Waals surface area contributed by atoms with Crippen molar-refractivity contribution in [2.45, 2.75) is 72.1 Å². The maximum absolute atomic E-state index is 2.69. The number of hydrogen-bond acceptors (Lipinski definition) is 1. The van der Waals surface area contributed by atoms with Crippen molar-refractivity contribution in [3.8, 4) is 0 Å². The molecule has 0 aromatic heterocycles. The van der Waals surface area contributed by atoms with E-state index >= 15 is 0 Å². The van der Waals surface area contributed by atoms with Crippen molar-refractivity contribution >= 4 is 0 Å². The quantitative estimate of drug-likeness (QED) is 0.699.